The van der Waals surface area contributed by atoms with Crippen LogP contribution in [0.1, 0.15) is 34.1 Å². The SMILES string of the molecule is O=C(O)CCNC(=O)c1nc(NC(=O)OCC2c3ccccc3-c3ccccc32)n[nH]1. The molecule has 31 heavy (non-hydrogen) atoms. The Kier molecular flexibility index (Phi) is 5.61. The van der Waals surface area contributed by atoms with E-state index in [2.05, 4.69) is 25.8 Å². The van der Waals surface area contributed by atoms with E-state index in [1.807, 2.05) is 48.5 Å². The van der Waals surface area contributed by atoms with E-state index in [4.69, 9.17) is 9.84 Å². The third-order valence-corrected chi connectivity index (χ3v) is 4.88. The molecule has 2 amide bonds. The predicted molar refractivity (Wildman–Crippen MR) is 110 cm³/mol. The Bertz CT molecular complexity index is 1100. The Labute approximate surface area is 176 Å². The molecule has 3 aromatic rings. The highest BCUT2D eigenvalue weighted by molar-refractivity contribution is 5.91. The minimum Gasteiger partial charge on any atom is -0.481 e. The molecular weight excluding hydrogens is 402 g/mol. The fourth-order valence-electron chi connectivity index (χ4n) is 3.51. The molecule has 0 saturated heterocycles. The number of hydrogen-bond donors (Lipinski definition) is 4. The molecule has 0 radical (unpaired) electrons. The number of ether oxygens (including phenoxy) is 1. The smallest absolute Gasteiger partial charge is 0.414 e. The van der Waals surface area contributed by atoms with Gasteiger partial charge in [0.15, 0.2) is 0 Å². The average Bonchev–Trinajstić information content (AvgIpc) is 3.35. The van der Waals surface area contributed by atoms with Crippen LogP contribution in [0.5, 0.6) is 0 Å². The van der Waals surface area contributed by atoms with Gasteiger partial charge in [-0.25, -0.2) is 4.79 Å². The predicted octanol–water partition coefficient (Wildman–Crippen LogP) is 2.37. The second-order valence-corrected chi connectivity index (χ2v) is 6.86. The lowest BCUT2D eigenvalue weighted by Crippen LogP contribution is -2.27. The number of aliphatic carboxylic acids is 1. The van der Waals surface area contributed by atoms with E-state index in [0.717, 1.165) is 22.3 Å². The molecule has 0 saturated carbocycles. The van der Waals surface area contributed by atoms with Crippen LogP contribution in [0, 0.1) is 0 Å². The van der Waals surface area contributed by atoms with Crippen molar-refractivity contribution in [1.82, 2.24) is 20.5 Å². The summed E-state index contributed by atoms with van der Waals surface area (Å²) in [4.78, 5) is 38.5. The molecule has 158 valence electrons. The van der Waals surface area contributed by atoms with Crippen molar-refractivity contribution in [3.8, 4) is 11.1 Å². The summed E-state index contributed by atoms with van der Waals surface area (Å²) in [7, 11) is 0. The lowest BCUT2D eigenvalue weighted by atomic mass is 9.98. The standard InChI is InChI=1S/C21H19N5O5/c27-17(28)9-10-22-19(29)18-23-20(26-25-18)24-21(30)31-11-16-14-7-3-1-5-12(14)13-6-2-4-8-15(13)16/h1-8,16H,9-11H2,(H,22,29)(H,27,28)(H2,23,24,25,26,30). The van der Waals surface area contributed by atoms with Gasteiger partial charge >= 0.3 is 12.1 Å². The van der Waals surface area contributed by atoms with Gasteiger partial charge in [-0.15, -0.1) is 5.10 Å². The van der Waals surface area contributed by atoms with E-state index in [1.165, 1.54) is 0 Å². The number of carboxylic acids is 1. The summed E-state index contributed by atoms with van der Waals surface area (Å²) < 4.78 is 5.39. The fourth-order valence-corrected chi connectivity index (χ4v) is 3.51. The number of rotatable bonds is 7. The van der Waals surface area contributed by atoms with Crippen molar-refractivity contribution in [2.24, 2.45) is 0 Å². The van der Waals surface area contributed by atoms with Crippen molar-refractivity contribution in [3.63, 3.8) is 0 Å². The molecule has 0 aliphatic heterocycles. The second kappa shape index (κ2) is 8.66. The zero-order valence-electron chi connectivity index (χ0n) is 16.3. The van der Waals surface area contributed by atoms with E-state index in [1.54, 1.807) is 0 Å². The van der Waals surface area contributed by atoms with Crippen LogP contribution >= 0.6 is 0 Å². The van der Waals surface area contributed by atoms with E-state index in [9.17, 15) is 14.4 Å². The molecule has 1 heterocycles. The summed E-state index contributed by atoms with van der Waals surface area (Å²) >= 11 is 0. The first kappa shape index (κ1) is 20.1. The zero-order valence-corrected chi connectivity index (χ0v) is 16.3. The van der Waals surface area contributed by atoms with Crippen LogP contribution in [-0.4, -0.2) is 51.4 Å². The quantitative estimate of drug-likeness (QED) is 0.458. The van der Waals surface area contributed by atoms with Gasteiger partial charge in [0.25, 0.3) is 11.9 Å². The van der Waals surface area contributed by atoms with E-state index in [-0.39, 0.29) is 37.3 Å². The summed E-state index contributed by atoms with van der Waals surface area (Å²) in [5.41, 5.74) is 4.43. The third kappa shape index (κ3) is 4.37. The number of aromatic amines is 1. The number of nitrogens with zero attached hydrogens (tertiary/aromatic N) is 2. The van der Waals surface area contributed by atoms with E-state index < -0.39 is 18.0 Å². The summed E-state index contributed by atoms with van der Waals surface area (Å²) in [6, 6.07) is 16.0. The number of benzene rings is 2. The number of nitrogens with one attached hydrogen (secondary N) is 3. The van der Waals surface area contributed by atoms with Crippen molar-refractivity contribution in [1.29, 1.82) is 0 Å². The molecule has 1 aliphatic rings. The number of H-pyrrole nitrogens is 1. The third-order valence-electron chi connectivity index (χ3n) is 4.88. The molecule has 10 heteroatoms. The Morgan fingerprint density at radius 2 is 1.68 bits per heavy atom. The van der Waals surface area contributed by atoms with Gasteiger partial charge in [0.1, 0.15) is 6.61 Å². The summed E-state index contributed by atoms with van der Waals surface area (Å²) in [6.45, 7) is 0.0802. The first-order valence-electron chi connectivity index (χ1n) is 9.57. The molecule has 0 unspecified atom stereocenters. The maximum absolute atomic E-state index is 12.2. The van der Waals surface area contributed by atoms with Gasteiger partial charge in [0.05, 0.1) is 6.42 Å². The number of carboxylic acid groups (broad SMARTS) is 1. The number of fused-ring (bicyclic) bond motifs is 3. The Hall–Kier alpha value is -4.21. The number of carbonyl (C=O) groups is 3. The topological polar surface area (TPSA) is 146 Å². The highest BCUT2D eigenvalue weighted by Crippen LogP contribution is 2.44. The van der Waals surface area contributed by atoms with Crippen molar-refractivity contribution in [2.75, 3.05) is 18.5 Å². The van der Waals surface area contributed by atoms with Gasteiger partial charge in [-0.05, 0) is 22.3 Å². The molecule has 0 bridgehead atoms. The largest absolute Gasteiger partial charge is 0.481 e. The molecule has 1 aromatic heterocycles. The summed E-state index contributed by atoms with van der Waals surface area (Å²) in [5.74, 6) is -2.02. The van der Waals surface area contributed by atoms with Crippen LogP contribution in [-0.2, 0) is 9.53 Å². The van der Waals surface area contributed by atoms with Crippen molar-refractivity contribution < 1.29 is 24.2 Å². The molecule has 0 spiro atoms. The molecule has 1 aliphatic carbocycles. The first-order chi connectivity index (χ1) is 15.0. The highest BCUT2D eigenvalue weighted by atomic mass is 16.5. The number of anilines is 1. The molecular formula is C21H19N5O5. The molecule has 10 nitrogen and oxygen atoms in total. The van der Waals surface area contributed by atoms with Gasteiger partial charge in [0.2, 0.25) is 5.82 Å². The summed E-state index contributed by atoms with van der Waals surface area (Å²) in [5, 5.41) is 19.5. The number of hydrogen-bond acceptors (Lipinski definition) is 6. The maximum Gasteiger partial charge on any atom is 0.414 e. The second-order valence-electron chi connectivity index (χ2n) is 6.86. The van der Waals surface area contributed by atoms with Crippen LogP contribution < -0.4 is 10.6 Å². The molecule has 0 fully saturated rings. The van der Waals surface area contributed by atoms with Gasteiger partial charge in [0, 0.05) is 12.5 Å². The Balaban J connectivity index is 1.35. The van der Waals surface area contributed by atoms with Crippen LogP contribution in [0.2, 0.25) is 0 Å². The fraction of sp³-hybridized carbons (Fsp3) is 0.190. The minimum atomic E-state index is -1.03. The lowest BCUT2D eigenvalue weighted by molar-refractivity contribution is -0.136. The lowest BCUT2D eigenvalue weighted by Gasteiger charge is -2.13. The van der Waals surface area contributed by atoms with Gasteiger partial charge in [-0.1, -0.05) is 48.5 Å². The number of carbonyl (C=O) groups excluding carboxylic acids is 2. The monoisotopic (exact) mass is 421 g/mol. The van der Waals surface area contributed by atoms with Crippen LogP contribution in [0.25, 0.3) is 11.1 Å². The molecule has 0 atom stereocenters. The van der Waals surface area contributed by atoms with E-state index >= 15 is 0 Å². The zero-order chi connectivity index (χ0) is 21.8. The average molecular weight is 421 g/mol. The first-order valence-corrected chi connectivity index (χ1v) is 9.57. The van der Waals surface area contributed by atoms with Gasteiger partial charge in [-0.3, -0.25) is 20.0 Å². The van der Waals surface area contributed by atoms with Crippen LogP contribution in [0.4, 0.5) is 10.7 Å². The number of amides is 2. The number of aromatic nitrogens is 3. The van der Waals surface area contributed by atoms with Gasteiger partial charge < -0.3 is 15.2 Å². The summed E-state index contributed by atoms with van der Waals surface area (Å²) in [6.07, 6.45) is -0.969. The highest BCUT2D eigenvalue weighted by Gasteiger charge is 2.29. The maximum atomic E-state index is 12.2. The Morgan fingerprint density at radius 3 is 2.32 bits per heavy atom. The van der Waals surface area contributed by atoms with Crippen molar-refractivity contribution >= 4 is 23.9 Å². The molecule has 4 rings (SSSR count). The van der Waals surface area contributed by atoms with Gasteiger partial charge in [-0.2, -0.15) is 4.98 Å². The molecule has 2 aromatic carbocycles. The van der Waals surface area contributed by atoms with Crippen molar-refractivity contribution in [2.45, 2.75) is 12.3 Å². The Morgan fingerprint density at radius 1 is 1.03 bits per heavy atom. The normalized spacial score (nSPS) is 12.0. The van der Waals surface area contributed by atoms with Crippen LogP contribution in [0.15, 0.2) is 48.5 Å². The van der Waals surface area contributed by atoms with Crippen LogP contribution in [0.3, 0.4) is 0 Å². The minimum absolute atomic E-state index is 0.0516. The van der Waals surface area contributed by atoms with Crippen molar-refractivity contribution in [3.05, 3.63) is 65.5 Å². The molecule has 4 N–H and O–H groups in total. The van der Waals surface area contributed by atoms with E-state index in [0.29, 0.717) is 0 Å².